The Bertz CT molecular complexity index is 1370. The summed E-state index contributed by atoms with van der Waals surface area (Å²) >= 11 is 1.00. The van der Waals surface area contributed by atoms with Gasteiger partial charge < -0.3 is 18.9 Å². The van der Waals surface area contributed by atoms with Gasteiger partial charge in [-0.2, -0.15) is 0 Å². The molecule has 4 rings (SSSR count). The molecular formula is C32H39NO8S. The fraction of sp³-hybridized carbons (Fsp3) is 0.500. The number of carbonyl (C=O) groups excluding carboxylic acids is 4. The zero-order chi connectivity index (χ0) is 30.6. The van der Waals surface area contributed by atoms with Gasteiger partial charge in [0.1, 0.15) is 35.6 Å². The zero-order valence-corrected chi connectivity index (χ0v) is 25.9. The van der Waals surface area contributed by atoms with Crippen molar-refractivity contribution >= 4 is 34.8 Å². The number of imide groups is 1. The Morgan fingerprint density at radius 3 is 2.29 bits per heavy atom. The summed E-state index contributed by atoms with van der Waals surface area (Å²) in [4.78, 5) is 48.5. The minimum absolute atomic E-state index is 0.188. The van der Waals surface area contributed by atoms with Gasteiger partial charge in [0.2, 0.25) is 5.91 Å². The maximum atomic E-state index is 12.7. The fourth-order valence-electron chi connectivity index (χ4n) is 5.25. The summed E-state index contributed by atoms with van der Waals surface area (Å²) in [6, 6.07) is 7.39. The van der Waals surface area contributed by atoms with Crippen molar-refractivity contribution in [2.75, 3.05) is 6.61 Å². The molecule has 2 aromatic rings. The van der Waals surface area contributed by atoms with Gasteiger partial charge >= 0.3 is 11.9 Å². The van der Waals surface area contributed by atoms with Gasteiger partial charge in [-0.1, -0.05) is 37.7 Å². The smallest absolute Gasteiger partial charge is 0.311 e. The van der Waals surface area contributed by atoms with Gasteiger partial charge in [-0.15, -0.1) is 0 Å². The molecule has 1 saturated heterocycles. The van der Waals surface area contributed by atoms with Crippen molar-refractivity contribution in [1.82, 2.24) is 5.32 Å². The summed E-state index contributed by atoms with van der Waals surface area (Å²) in [5.41, 5.74) is 3.14. The van der Waals surface area contributed by atoms with E-state index in [-0.39, 0.29) is 29.7 Å². The van der Waals surface area contributed by atoms with Crippen LogP contribution in [0, 0.1) is 20.8 Å². The fourth-order valence-corrected chi connectivity index (χ4v) is 6.11. The van der Waals surface area contributed by atoms with Crippen molar-refractivity contribution in [3.63, 3.8) is 0 Å². The van der Waals surface area contributed by atoms with Gasteiger partial charge in [-0.3, -0.25) is 24.5 Å². The van der Waals surface area contributed by atoms with E-state index in [4.69, 9.17) is 18.9 Å². The van der Waals surface area contributed by atoms with E-state index in [2.05, 4.69) is 5.32 Å². The summed E-state index contributed by atoms with van der Waals surface area (Å²) in [6.45, 7) is 11.6. The highest BCUT2D eigenvalue weighted by Crippen LogP contribution is 2.49. The molecule has 10 heteroatoms. The van der Waals surface area contributed by atoms with Crippen LogP contribution in [-0.2, 0) is 25.5 Å². The third kappa shape index (κ3) is 7.09. The average Bonchev–Trinajstić information content (AvgIpc) is 3.25. The highest BCUT2D eigenvalue weighted by molar-refractivity contribution is 8.15. The predicted molar refractivity (Wildman–Crippen MR) is 159 cm³/mol. The van der Waals surface area contributed by atoms with E-state index in [0.717, 1.165) is 39.6 Å². The number of benzene rings is 2. The van der Waals surface area contributed by atoms with Crippen LogP contribution in [-0.4, -0.2) is 40.5 Å². The third-order valence-corrected chi connectivity index (χ3v) is 8.56. The Kier molecular flexibility index (Phi) is 9.86. The van der Waals surface area contributed by atoms with E-state index >= 15 is 0 Å². The number of carbonyl (C=O) groups is 4. The van der Waals surface area contributed by atoms with E-state index in [0.29, 0.717) is 55.8 Å². The molecule has 226 valence electrons. The van der Waals surface area contributed by atoms with Gasteiger partial charge in [0, 0.05) is 30.4 Å². The highest BCUT2D eigenvalue weighted by atomic mass is 32.2. The van der Waals surface area contributed by atoms with Crippen LogP contribution >= 0.6 is 11.8 Å². The maximum absolute atomic E-state index is 12.7. The van der Waals surface area contributed by atoms with Crippen LogP contribution < -0.4 is 19.5 Å². The van der Waals surface area contributed by atoms with Crippen molar-refractivity contribution in [1.29, 1.82) is 0 Å². The quantitative estimate of drug-likeness (QED) is 0.238. The number of amides is 2. The van der Waals surface area contributed by atoms with Crippen LogP contribution in [0.3, 0.4) is 0 Å². The van der Waals surface area contributed by atoms with E-state index in [1.54, 1.807) is 0 Å². The van der Waals surface area contributed by atoms with Crippen LogP contribution in [0.4, 0.5) is 4.79 Å². The number of hydrogen-bond donors (Lipinski definition) is 1. The summed E-state index contributed by atoms with van der Waals surface area (Å²) in [6.07, 6.45) is 2.14. The van der Waals surface area contributed by atoms with Gasteiger partial charge in [0.25, 0.3) is 5.24 Å². The van der Waals surface area contributed by atoms with E-state index in [9.17, 15) is 19.2 Å². The number of thioether (sulfide) groups is 1. The first-order valence-corrected chi connectivity index (χ1v) is 15.3. The van der Waals surface area contributed by atoms with Crippen LogP contribution in [0.1, 0.15) is 86.8 Å². The molecule has 2 amide bonds. The number of fused-ring (bicyclic) bond motifs is 1. The predicted octanol–water partition coefficient (Wildman–Crippen LogP) is 6.22. The molecule has 0 saturated carbocycles. The largest absolute Gasteiger partial charge is 0.489 e. The van der Waals surface area contributed by atoms with Crippen molar-refractivity contribution < 1.29 is 38.1 Å². The summed E-state index contributed by atoms with van der Waals surface area (Å²) < 4.78 is 24.6. The van der Waals surface area contributed by atoms with Gasteiger partial charge in [-0.25, -0.2) is 0 Å². The lowest BCUT2D eigenvalue weighted by Crippen LogP contribution is -2.44. The van der Waals surface area contributed by atoms with Gasteiger partial charge in [0.15, 0.2) is 0 Å². The van der Waals surface area contributed by atoms with E-state index < -0.39 is 17.0 Å². The first kappa shape index (κ1) is 31.4. The molecular weight excluding hydrogens is 558 g/mol. The van der Waals surface area contributed by atoms with E-state index in [1.807, 2.05) is 65.8 Å². The van der Waals surface area contributed by atoms with Gasteiger partial charge in [0.05, 0.1) is 5.25 Å². The molecule has 9 nitrogen and oxygen atoms in total. The van der Waals surface area contributed by atoms with Crippen molar-refractivity contribution in [2.24, 2.45) is 0 Å². The van der Waals surface area contributed by atoms with Crippen LogP contribution in [0.25, 0.3) is 0 Å². The molecule has 0 bridgehead atoms. The second-order valence-corrected chi connectivity index (χ2v) is 12.4. The Morgan fingerprint density at radius 1 is 1.00 bits per heavy atom. The lowest BCUT2D eigenvalue weighted by Gasteiger charge is -2.41. The summed E-state index contributed by atoms with van der Waals surface area (Å²) in [7, 11) is 0. The molecule has 42 heavy (non-hydrogen) atoms. The monoisotopic (exact) mass is 597 g/mol. The van der Waals surface area contributed by atoms with E-state index in [1.165, 1.54) is 0 Å². The highest BCUT2D eigenvalue weighted by Gasteiger charge is 2.43. The lowest BCUT2D eigenvalue weighted by molar-refractivity contribution is -0.154. The van der Waals surface area contributed by atoms with Crippen LogP contribution in [0.5, 0.6) is 17.2 Å². The summed E-state index contributed by atoms with van der Waals surface area (Å²) in [5.74, 6) is 0.853. The first-order chi connectivity index (χ1) is 19.9. The Hall–Kier alpha value is -3.53. The SMILES string of the molecule is CCCC(=O)Oc1c(C)c(C)c2c(c1C)C(OC(=O)CCC)CC(C)(COc1ccc(CC3SC(=O)NC3=O)cc1)O2. The number of esters is 2. The number of rotatable bonds is 11. The standard InChI is InChI=1S/C32H39NO8S/c1-7-9-25(34)39-23-16-32(6,17-38-22-13-11-21(12-14-22)15-24-30(36)33-31(37)42-24)41-29-19(4)18(3)28(20(5)27(23)29)40-26(35)10-8-2/h11-14,23-24H,7-10,15-17H2,1-6H3,(H,33,36,37). The minimum atomic E-state index is -0.828. The molecule has 3 unspecified atom stereocenters. The molecule has 0 aliphatic carbocycles. The molecule has 1 N–H and O–H groups in total. The molecule has 0 radical (unpaired) electrons. The molecule has 0 spiro atoms. The summed E-state index contributed by atoms with van der Waals surface area (Å²) in [5, 5.41) is 1.56. The van der Waals surface area contributed by atoms with Crippen molar-refractivity contribution in [2.45, 2.75) is 97.0 Å². The molecule has 3 atom stereocenters. The molecule has 0 aromatic heterocycles. The zero-order valence-electron chi connectivity index (χ0n) is 25.1. The molecule has 2 aliphatic heterocycles. The average molecular weight is 598 g/mol. The Labute approximate surface area is 251 Å². The Morgan fingerprint density at radius 2 is 1.67 bits per heavy atom. The second-order valence-electron chi connectivity index (χ2n) is 11.2. The van der Waals surface area contributed by atoms with Crippen LogP contribution in [0.15, 0.2) is 24.3 Å². The Balaban J connectivity index is 1.56. The van der Waals surface area contributed by atoms with Crippen molar-refractivity contribution in [3.05, 3.63) is 52.1 Å². The first-order valence-electron chi connectivity index (χ1n) is 14.4. The number of nitrogens with one attached hydrogen (secondary N) is 1. The normalized spacial score (nSPS) is 21.3. The van der Waals surface area contributed by atoms with Gasteiger partial charge in [-0.05, 0) is 75.8 Å². The molecule has 2 heterocycles. The molecule has 2 aromatic carbocycles. The van der Waals surface area contributed by atoms with Crippen molar-refractivity contribution in [3.8, 4) is 17.2 Å². The number of ether oxygens (including phenoxy) is 4. The third-order valence-electron chi connectivity index (χ3n) is 7.57. The van der Waals surface area contributed by atoms with Crippen LogP contribution in [0.2, 0.25) is 0 Å². The minimum Gasteiger partial charge on any atom is -0.489 e. The lowest BCUT2D eigenvalue weighted by atomic mass is 9.85. The maximum Gasteiger partial charge on any atom is 0.311 e. The molecule has 1 fully saturated rings. The molecule has 2 aliphatic rings. The topological polar surface area (TPSA) is 117 Å². The second kappa shape index (κ2) is 13.2. The number of hydrogen-bond acceptors (Lipinski definition) is 9.